The lowest BCUT2D eigenvalue weighted by Gasteiger charge is -1.96. The Balaban J connectivity index is 0. The first-order chi connectivity index (χ1) is 3.31. The van der Waals surface area contributed by atoms with Crippen molar-refractivity contribution in [3.8, 4) is 12.3 Å². The fraction of sp³-hybridized carbons (Fsp3) is 0.400. The molecule has 0 radical (unpaired) electrons. The van der Waals surface area contributed by atoms with E-state index in [9.17, 15) is 0 Å². The van der Waals surface area contributed by atoms with Gasteiger partial charge in [-0.05, 0) is 6.92 Å². The van der Waals surface area contributed by atoms with Crippen LogP contribution >= 0.6 is 12.4 Å². The summed E-state index contributed by atoms with van der Waals surface area (Å²) >= 11 is 0. The zero-order valence-corrected chi connectivity index (χ0v) is 5.44. The van der Waals surface area contributed by atoms with E-state index in [1.807, 2.05) is 0 Å². The van der Waals surface area contributed by atoms with Crippen LogP contribution < -0.4 is 0 Å². The maximum absolute atomic E-state index is 4.90. The molecule has 0 saturated carbocycles. The zero-order chi connectivity index (χ0) is 5.70. The Morgan fingerprint density at radius 2 is 2.38 bits per heavy atom. The molecule has 2 nitrogen and oxygen atoms in total. The highest BCUT2D eigenvalue weighted by Gasteiger charge is 1.88. The molecule has 0 saturated heterocycles. The van der Waals surface area contributed by atoms with Crippen LogP contribution in [-0.4, -0.2) is 12.8 Å². The fourth-order valence-corrected chi connectivity index (χ4v) is 0.142. The van der Waals surface area contributed by atoms with Crippen LogP contribution in [0.2, 0.25) is 0 Å². The normalized spacial score (nSPS) is 10.0. The van der Waals surface area contributed by atoms with E-state index in [1.165, 1.54) is 0 Å². The van der Waals surface area contributed by atoms with Gasteiger partial charge in [-0.15, -0.1) is 24.0 Å². The maximum Gasteiger partial charge on any atom is 0.184 e. The van der Waals surface area contributed by atoms with Crippen LogP contribution in [0, 0.1) is 12.3 Å². The van der Waals surface area contributed by atoms with Gasteiger partial charge >= 0.3 is 0 Å². The van der Waals surface area contributed by atoms with Crippen molar-refractivity contribution >= 4 is 19.1 Å². The van der Waals surface area contributed by atoms with Gasteiger partial charge in [0.05, 0.1) is 0 Å². The van der Waals surface area contributed by atoms with Gasteiger partial charge < -0.3 is 4.84 Å². The van der Waals surface area contributed by atoms with Gasteiger partial charge in [-0.25, -0.2) is 0 Å². The Bertz CT molecular complexity index is 97.1. The van der Waals surface area contributed by atoms with E-state index in [0.29, 0.717) is 0 Å². The predicted molar refractivity (Wildman–Crippen MR) is 36.2 cm³/mol. The van der Waals surface area contributed by atoms with E-state index in [-0.39, 0.29) is 18.5 Å². The molecule has 8 heavy (non-hydrogen) atoms. The van der Waals surface area contributed by atoms with E-state index < -0.39 is 0 Å². The molecule has 0 heterocycles. The Morgan fingerprint density at radius 1 is 1.88 bits per heavy atom. The lowest BCUT2D eigenvalue weighted by Crippen LogP contribution is -1.97. The molecule has 0 aromatic heterocycles. The Morgan fingerprint density at radius 3 is 2.50 bits per heavy atom. The third-order valence-corrected chi connectivity index (χ3v) is 0.467. The van der Waals surface area contributed by atoms with Crippen LogP contribution in [0.15, 0.2) is 5.16 Å². The SMILES string of the molecule is C#C[C@H](C)ON=C.Cl. The molecule has 0 aliphatic heterocycles. The van der Waals surface area contributed by atoms with Crippen molar-refractivity contribution in [1.29, 1.82) is 0 Å². The summed E-state index contributed by atoms with van der Waals surface area (Å²) in [6.07, 6.45) is 4.64. The van der Waals surface area contributed by atoms with Crippen molar-refractivity contribution in [2.45, 2.75) is 13.0 Å². The van der Waals surface area contributed by atoms with Crippen LogP contribution in [0.25, 0.3) is 0 Å². The molecule has 0 aliphatic rings. The van der Waals surface area contributed by atoms with E-state index in [2.05, 4.69) is 22.6 Å². The minimum atomic E-state index is -0.252. The molecule has 0 N–H and O–H groups in total. The van der Waals surface area contributed by atoms with E-state index in [4.69, 9.17) is 6.42 Å². The van der Waals surface area contributed by atoms with Crippen molar-refractivity contribution in [2.75, 3.05) is 0 Å². The molecule has 1 atom stereocenters. The van der Waals surface area contributed by atoms with Gasteiger partial charge in [0.15, 0.2) is 6.10 Å². The molecule has 0 rings (SSSR count). The Labute approximate surface area is 55.3 Å². The van der Waals surface area contributed by atoms with Crippen LogP contribution in [0.1, 0.15) is 6.92 Å². The highest BCUT2D eigenvalue weighted by atomic mass is 35.5. The predicted octanol–water partition coefficient (Wildman–Crippen LogP) is 1.06. The lowest BCUT2D eigenvalue weighted by atomic mass is 10.4. The quantitative estimate of drug-likeness (QED) is 0.314. The third-order valence-electron chi connectivity index (χ3n) is 0.467. The standard InChI is InChI=1S/C5H7NO.ClH/c1-4-5(2)7-6-3;/h1,5H,3H2,2H3;1H/t5-;/m0./s1. The molecule has 0 spiro atoms. The molecule has 0 aromatic rings. The third kappa shape index (κ3) is 5.32. The van der Waals surface area contributed by atoms with Crippen molar-refractivity contribution in [3.63, 3.8) is 0 Å². The number of hydrogen-bond acceptors (Lipinski definition) is 2. The molecular formula is C5H8ClNO. The smallest absolute Gasteiger partial charge is 0.184 e. The van der Waals surface area contributed by atoms with E-state index >= 15 is 0 Å². The second-order valence-corrected chi connectivity index (χ2v) is 1.04. The summed E-state index contributed by atoms with van der Waals surface area (Å²) < 4.78 is 0. The molecular weight excluding hydrogens is 126 g/mol. The average Bonchev–Trinajstić information content (AvgIpc) is 1.68. The number of halogens is 1. The van der Waals surface area contributed by atoms with Crippen LogP contribution in [0.5, 0.6) is 0 Å². The minimum Gasteiger partial charge on any atom is -0.380 e. The molecule has 0 amide bonds. The Hall–Kier alpha value is -0.680. The highest BCUT2D eigenvalue weighted by molar-refractivity contribution is 5.85. The fourth-order valence-electron chi connectivity index (χ4n) is 0.142. The second kappa shape index (κ2) is 6.32. The van der Waals surface area contributed by atoms with Crippen molar-refractivity contribution in [3.05, 3.63) is 0 Å². The number of rotatable bonds is 2. The second-order valence-electron chi connectivity index (χ2n) is 1.04. The van der Waals surface area contributed by atoms with Crippen molar-refractivity contribution < 1.29 is 4.84 Å². The van der Waals surface area contributed by atoms with Gasteiger partial charge in [0.1, 0.15) is 0 Å². The number of terminal acetylenes is 1. The summed E-state index contributed by atoms with van der Waals surface area (Å²) in [6, 6.07) is 0. The first-order valence-corrected chi connectivity index (χ1v) is 1.89. The number of oxime groups is 1. The van der Waals surface area contributed by atoms with E-state index in [1.54, 1.807) is 6.92 Å². The molecule has 46 valence electrons. The largest absolute Gasteiger partial charge is 0.380 e. The summed E-state index contributed by atoms with van der Waals surface area (Å²) in [6.45, 7) is 4.80. The summed E-state index contributed by atoms with van der Waals surface area (Å²) in [7, 11) is 0. The van der Waals surface area contributed by atoms with Gasteiger partial charge in [0, 0.05) is 6.72 Å². The number of nitrogens with zero attached hydrogens (tertiary/aromatic N) is 1. The first kappa shape index (κ1) is 10.3. The Kier molecular flexibility index (Phi) is 8.16. The lowest BCUT2D eigenvalue weighted by molar-refractivity contribution is 0.115. The van der Waals surface area contributed by atoms with Gasteiger partial charge in [-0.3, -0.25) is 0 Å². The van der Waals surface area contributed by atoms with Gasteiger partial charge in [0.2, 0.25) is 0 Å². The molecule has 0 bridgehead atoms. The van der Waals surface area contributed by atoms with Crippen LogP contribution in [0.4, 0.5) is 0 Å². The molecule has 3 heteroatoms. The van der Waals surface area contributed by atoms with Crippen LogP contribution in [0.3, 0.4) is 0 Å². The van der Waals surface area contributed by atoms with Crippen molar-refractivity contribution in [2.24, 2.45) is 5.16 Å². The highest BCUT2D eigenvalue weighted by Crippen LogP contribution is 1.84. The summed E-state index contributed by atoms with van der Waals surface area (Å²) in [5, 5.41) is 3.11. The zero-order valence-electron chi connectivity index (χ0n) is 4.63. The van der Waals surface area contributed by atoms with Gasteiger partial charge in [-0.1, -0.05) is 5.92 Å². The topological polar surface area (TPSA) is 21.6 Å². The maximum atomic E-state index is 4.90. The first-order valence-electron chi connectivity index (χ1n) is 1.89. The van der Waals surface area contributed by atoms with E-state index in [0.717, 1.165) is 0 Å². The van der Waals surface area contributed by atoms with Gasteiger partial charge in [-0.2, -0.15) is 0 Å². The molecule has 0 unspecified atom stereocenters. The molecule has 0 aliphatic carbocycles. The van der Waals surface area contributed by atoms with Crippen molar-refractivity contribution in [1.82, 2.24) is 0 Å². The number of hydrogen-bond donors (Lipinski definition) is 0. The summed E-state index contributed by atoms with van der Waals surface area (Å²) in [5.41, 5.74) is 0. The molecule has 0 aromatic carbocycles. The average molecular weight is 134 g/mol. The molecule has 0 fully saturated rings. The monoisotopic (exact) mass is 133 g/mol. The van der Waals surface area contributed by atoms with Gasteiger partial charge in [0.25, 0.3) is 0 Å². The summed E-state index contributed by atoms with van der Waals surface area (Å²) in [4.78, 5) is 4.47. The minimum absolute atomic E-state index is 0. The summed E-state index contributed by atoms with van der Waals surface area (Å²) in [5.74, 6) is 2.31. The van der Waals surface area contributed by atoms with Crippen LogP contribution in [-0.2, 0) is 4.84 Å².